The van der Waals surface area contributed by atoms with Gasteiger partial charge in [-0.25, -0.2) is 9.18 Å². The summed E-state index contributed by atoms with van der Waals surface area (Å²) >= 11 is 0. The molecule has 3 unspecified atom stereocenters. The van der Waals surface area contributed by atoms with E-state index >= 15 is 4.39 Å². The molecule has 1 heterocycles. The molecule has 5 rings (SSSR count). The number of aliphatic carboxylic acids is 1. The number of fused-ring (bicyclic) bond motifs is 7. The zero-order valence-corrected chi connectivity index (χ0v) is 17.8. The van der Waals surface area contributed by atoms with Crippen molar-refractivity contribution in [2.24, 2.45) is 22.7 Å². The van der Waals surface area contributed by atoms with Crippen molar-refractivity contribution in [1.82, 2.24) is 0 Å². The molecule has 8 atom stereocenters. The van der Waals surface area contributed by atoms with Crippen LogP contribution in [0.2, 0.25) is 0 Å². The molecule has 0 spiro atoms. The molecule has 30 heavy (non-hydrogen) atoms. The smallest absolute Gasteiger partial charge is 0.339 e. The molecule has 4 fully saturated rings. The van der Waals surface area contributed by atoms with Crippen LogP contribution in [0.25, 0.3) is 0 Å². The third kappa shape index (κ3) is 2.04. The van der Waals surface area contributed by atoms with E-state index in [2.05, 4.69) is 0 Å². The molecule has 7 heteroatoms. The number of ketones is 1. The van der Waals surface area contributed by atoms with E-state index in [1.54, 1.807) is 26.8 Å². The monoisotopic (exact) mass is 420 g/mol. The van der Waals surface area contributed by atoms with E-state index in [1.165, 1.54) is 12.2 Å². The fraction of sp³-hybridized carbons (Fsp3) is 0.739. The Morgan fingerprint density at radius 3 is 2.60 bits per heavy atom. The predicted molar refractivity (Wildman–Crippen MR) is 104 cm³/mol. The number of alkyl halides is 1. The highest BCUT2D eigenvalue weighted by molar-refractivity contribution is 6.01. The van der Waals surface area contributed by atoms with Crippen molar-refractivity contribution in [3.05, 3.63) is 23.8 Å². The summed E-state index contributed by atoms with van der Waals surface area (Å²) in [6.07, 6.45) is 3.69. The zero-order valence-electron chi connectivity index (χ0n) is 17.8. The summed E-state index contributed by atoms with van der Waals surface area (Å²) in [5, 5.41) is 21.6. The number of ether oxygens (including phenoxy) is 2. The van der Waals surface area contributed by atoms with Crippen molar-refractivity contribution in [2.45, 2.75) is 82.6 Å². The highest BCUT2D eigenvalue weighted by Gasteiger charge is 2.80. The van der Waals surface area contributed by atoms with Gasteiger partial charge in [0.25, 0.3) is 0 Å². The number of carboxylic acid groups (broad SMARTS) is 1. The first-order chi connectivity index (χ1) is 13.8. The van der Waals surface area contributed by atoms with Crippen LogP contribution in [0.1, 0.15) is 53.4 Å². The Hall–Kier alpha value is -1.57. The van der Waals surface area contributed by atoms with E-state index in [9.17, 15) is 19.8 Å². The first-order valence-corrected chi connectivity index (χ1v) is 10.7. The molecule has 0 aromatic rings. The van der Waals surface area contributed by atoms with Crippen LogP contribution in [0.4, 0.5) is 4.39 Å². The molecular weight excluding hydrogens is 391 g/mol. The van der Waals surface area contributed by atoms with Crippen molar-refractivity contribution in [2.75, 3.05) is 0 Å². The molecular formula is C23H29FO6. The number of halogens is 1. The summed E-state index contributed by atoms with van der Waals surface area (Å²) in [7, 11) is 0. The van der Waals surface area contributed by atoms with Crippen LogP contribution < -0.4 is 0 Å². The normalized spacial score (nSPS) is 53.4. The Bertz CT molecular complexity index is 909. The standard InChI is InChI=1S/C23H29FO6/c1-19(2)29-17-10-15-14-6-5-12-9-13(25)7-8-20(12,3)22(14,24)16(26)11-21(15,4)23(17,30-19)18(27)28/h7-9,14-17,26H,5-6,10-11H2,1-4H3,(H,27,28)/t14?,15?,16?,17-,20+,21+,22+,23+/m1/s1. The number of carbonyl (C=O) groups excluding carboxylic acids is 1. The lowest BCUT2D eigenvalue weighted by Crippen LogP contribution is -2.69. The SMILES string of the molecule is CC1(C)O[C@@H]2CC3C4CCC5=CC(=O)C=C[C@]5(C)[C@@]4(F)C(O)C[C@]3(C)[C@]2(C(=O)O)O1. The molecule has 0 amide bonds. The maximum absolute atomic E-state index is 17.0. The van der Waals surface area contributed by atoms with Gasteiger partial charge in [-0.1, -0.05) is 18.6 Å². The van der Waals surface area contributed by atoms with Crippen LogP contribution >= 0.6 is 0 Å². The summed E-state index contributed by atoms with van der Waals surface area (Å²) in [5.41, 5.74) is -5.00. The van der Waals surface area contributed by atoms with Gasteiger partial charge in [0.2, 0.25) is 0 Å². The molecule has 4 aliphatic carbocycles. The lowest BCUT2D eigenvalue weighted by molar-refractivity contribution is -0.251. The Kier molecular flexibility index (Phi) is 3.81. The summed E-state index contributed by atoms with van der Waals surface area (Å²) in [5.74, 6) is -3.24. The highest BCUT2D eigenvalue weighted by Crippen LogP contribution is 2.72. The van der Waals surface area contributed by atoms with Crippen LogP contribution in [-0.4, -0.2) is 51.2 Å². The lowest BCUT2D eigenvalue weighted by Gasteiger charge is -2.62. The number of aliphatic hydroxyl groups excluding tert-OH is 1. The Balaban J connectivity index is 1.64. The van der Waals surface area contributed by atoms with Gasteiger partial charge in [0, 0.05) is 16.7 Å². The van der Waals surface area contributed by atoms with E-state index in [0.717, 1.165) is 0 Å². The Morgan fingerprint density at radius 1 is 1.23 bits per heavy atom. The number of carbonyl (C=O) groups is 2. The minimum Gasteiger partial charge on any atom is -0.479 e. The van der Waals surface area contributed by atoms with Gasteiger partial charge >= 0.3 is 5.97 Å². The van der Waals surface area contributed by atoms with Gasteiger partial charge in [-0.05, 0) is 64.5 Å². The van der Waals surface area contributed by atoms with E-state index in [1.807, 2.05) is 6.92 Å². The summed E-state index contributed by atoms with van der Waals surface area (Å²) in [4.78, 5) is 24.5. The average molecular weight is 420 g/mol. The fourth-order valence-electron chi connectivity index (χ4n) is 7.68. The van der Waals surface area contributed by atoms with Crippen LogP contribution in [-0.2, 0) is 19.1 Å². The minimum atomic E-state index is -1.99. The second-order valence-corrected chi connectivity index (χ2v) is 10.6. The van der Waals surface area contributed by atoms with Crippen molar-refractivity contribution in [1.29, 1.82) is 0 Å². The molecule has 0 radical (unpaired) electrons. The van der Waals surface area contributed by atoms with E-state index in [-0.39, 0.29) is 18.1 Å². The number of hydrogen-bond donors (Lipinski definition) is 2. The first-order valence-electron chi connectivity index (χ1n) is 10.7. The molecule has 164 valence electrons. The molecule has 3 saturated carbocycles. The molecule has 0 aromatic heterocycles. The van der Waals surface area contributed by atoms with Crippen LogP contribution in [0.3, 0.4) is 0 Å². The summed E-state index contributed by atoms with van der Waals surface area (Å²) in [6, 6.07) is 0. The van der Waals surface area contributed by atoms with Crippen LogP contribution in [0.5, 0.6) is 0 Å². The van der Waals surface area contributed by atoms with Crippen molar-refractivity contribution < 1.29 is 33.7 Å². The van der Waals surface area contributed by atoms with E-state index in [0.29, 0.717) is 24.8 Å². The van der Waals surface area contributed by atoms with Gasteiger partial charge in [-0.2, -0.15) is 0 Å². The number of hydrogen-bond acceptors (Lipinski definition) is 5. The fourth-order valence-corrected chi connectivity index (χ4v) is 7.68. The third-order valence-corrected chi connectivity index (χ3v) is 8.95. The lowest BCUT2D eigenvalue weighted by atomic mass is 9.45. The minimum absolute atomic E-state index is 0.0441. The van der Waals surface area contributed by atoms with E-state index in [4.69, 9.17) is 9.47 Å². The quantitative estimate of drug-likeness (QED) is 0.678. The number of allylic oxidation sites excluding steroid dienone is 4. The number of carboxylic acids is 1. The molecule has 0 aromatic carbocycles. The third-order valence-electron chi connectivity index (χ3n) is 8.95. The number of rotatable bonds is 1. The molecule has 1 saturated heterocycles. The first kappa shape index (κ1) is 20.3. The van der Waals surface area contributed by atoms with Crippen LogP contribution in [0.15, 0.2) is 23.8 Å². The Labute approximate surface area is 175 Å². The molecule has 5 aliphatic rings. The zero-order chi connectivity index (χ0) is 21.9. The largest absolute Gasteiger partial charge is 0.479 e. The van der Waals surface area contributed by atoms with Gasteiger partial charge in [-0.15, -0.1) is 0 Å². The average Bonchev–Trinajstić information content (AvgIpc) is 3.04. The second kappa shape index (κ2) is 5.61. The van der Waals surface area contributed by atoms with Gasteiger partial charge < -0.3 is 19.7 Å². The maximum atomic E-state index is 17.0. The van der Waals surface area contributed by atoms with Crippen molar-refractivity contribution in [3.8, 4) is 0 Å². The van der Waals surface area contributed by atoms with Crippen molar-refractivity contribution >= 4 is 11.8 Å². The van der Waals surface area contributed by atoms with Crippen LogP contribution in [0, 0.1) is 22.7 Å². The maximum Gasteiger partial charge on any atom is 0.339 e. The summed E-state index contributed by atoms with van der Waals surface area (Å²) < 4.78 is 29.1. The van der Waals surface area contributed by atoms with Crippen molar-refractivity contribution in [3.63, 3.8) is 0 Å². The molecule has 1 aliphatic heterocycles. The topological polar surface area (TPSA) is 93.1 Å². The predicted octanol–water partition coefficient (Wildman–Crippen LogP) is 2.94. The molecule has 6 nitrogen and oxygen atoms in total. The number of aliphatic hydroxyl groups is 1. The Morgan fingerprint density at radius 2 is 1.93 bits per heavy atom. The van der Waals surface area contributed by atoms with Gasteiger partial charge in [0.1, 0.15) is 6.10 Å². The molecule has 2 N–H and O–H groups in total. The van der Waals surface area contributed by atoms with Gasteiger partial charge in [0.05, 0.1) is 6.10 Å². The molecule has 0 bridgehead atoms. The second-order valence-electron chi connectivity index (χ2n) is 10.6. The van der Waals surface area contributed by atoms with E-state index < -0.39 is 52.0 Å². The van der Waals surface area contributed by atoms with Gasteiger partial charge in [0.15, 0.2) is 22.8 Å². The van der Waals surface area contributed by atoms with Gasteiger partial charge in [-0.3, -0.25) is 4.79 Å². The summed E-state index contributed by atoms with van der Waals surface area (Å²) in [6.45, 7) is 6.94. The highest BCUT2D eigenvalue weighted by atomic mass is 19.1.